The lowest BCUT2D eigenvalue weighted by Crippen LogP contribution is -2.24. The van der Waals surface area contributed by atoms with Gasteiger partial charge in [-0.3, -0.25) is 4.98 Å². The van der Waals surface area contributed by atoms with Crippen molar-refractivity contribution >= 4 is 43.5 Å². The Balaban J connectivity index is 2.33. The molecule has 1 unspecified atom stereocenters. The second-order valence-electron chi connectivity index (χ2n) is 4.55. The maximum Gasteiger partial charge on any atom is 0.142 e. The zero-order chi connectivity index (χ0) is 15.4. The first-order chi connectivity index (χ1) is 10.0. The number of rotatable bonds is 5. The molecule has 1 N–H and O–H groups in total. The van der Waals surface area contributed by atoms with Crippen molar-refractivity contribution in [3.8, 4) is 0 Å². The number of hydrogen-bond donors (Lipinski definition) is 1. The van der Waals surface area contributed by atoms with Crippen molar-refractivity contribution in [3.63, 3.8) is 0 Å². The van der Waals surface area contributed by atoms with Crippen LogP contribution in [0.25, 0.3) is 0 Å². The van der Waals surface area contributed by atoms with Crippen LogP contribution in [0.2, 0.25) is 5.02 Å². The summed E-state index contributed by atoms with van der Waals surface area (Å²) in [5.41, 5.74) is 1.64. The highest BCUT2D eigenvalue weighted by molar-refractivity contribution is 9.11. The predicted octanol–water partition coefficient (Wildman–Crippen LogP) is 5.29. The minimum Gasteiger partial charge on any atom is -0.309 e. The molecule has 2 rings (SSSR count). The molecule has 1 aromatic carbocycles. The highest BCUT2D eigenvalue weighted by Crippen LogP contribution is 2.29. The predicted molar refractivity (Wildman–Crippen MR) is 91.2 cm³/mol. The number of benzene rings is 1. The van der Waals surface area contributed by atoms with E-state index in [1.165, 1.54) is 6.07 Å². The summed E-state index contributed by atoms with van der Waals surface area (Å²) in [6.07, 6.45) is 2.31. The summed E-state index contributed by atoms with van der Waals surface area (Å²) >= 11 is 13.0. The zero-order valence-electron chi connectivity index (χ0n) is 11.3. The number of nitrogens with zero attached hydrogens (tertiary/aromatic N) is 1. The molecule has 112 valence electrons. The van der Waals surface area contributed by atoms with E-state index in [9.17, 15) is 4.39 Å². The van der Waals surface area contributed by atoms with Gasteiger partial charge in [-0.25, -0.2) is 4.39 Å². The Morgan fingerprint density at radius 2 is 2.14 bits per heavy atom. The summed E-state index contributed by atoms with van der Waals surface area (Å²) in [4.78, 5) is 4.45. The van der Waals surface area contributed by atoms with Crippen LogP contribution in [0.15, 0.2) is 39.4 Å². The summed E-state index contributed by atoms with van der Waals surface area (Å²) in [5, 5.41) is 3.54. The third-order valence-corrected chi connectivity index (χ3v) is 4.56. The molecular formula is C15H14Br2ClFN2. The first-order valence-corrected chi connectivity index (χ1v) is 8.46. The van der Waals surface area contributed by atoms with Gasteiger partial charge in [0.25, 0.3) is 0 Å². The van der Waals surface area contributed by atoms with Gasteiger partial charge in [0.2, 0.25) is 0 Å². The van der Waals surface area contributed by atoms with E-state index in [-0.39, 0.29) is 11.1 Å². The minimum atomic E-state index is -0.396. The van der Waals surface area contributed by atoms with Crippen LogP contribution in [0, 0.1) is 5.82 Å². The van der Waals surface area contributed by atoms with Gasteiger partial charge in [0, 0.05) is 15.1 Å². The van der Waals surface area contributed by atoms with Crippen LogP contribution in [0.5, 0.6) is 0 Å². The molecule has 0 saturated carbocycles. The van der Waals surface area contributed by atoms with Gasteiger partial charge in [-0.05, 0) is 62.5 Å². The van der Waals surface area contributed by atoms with E-state index >= 15 is 0 Å². The first-order valence-electron chi connectivity index (χ1n) is 6.50. The van der Waals surface area contributed by atoms with Crippen molar-refractivity contribution in [2.75, 3.05) is 6.54 Å². The number of pyridine rings is 1. The molecule has 2 nitrogen and oxygen atoms in total. The van der Waals surface area contributed by atoms with Gasteiger partial charge in [-0.2, -0.15) is 0 Å². The number of hydrogen-bond acceptors (Lipinski definition) is 2. The fraction of sp³-hybridized carbons (Fsp3) is 0.267. The molecule has 0 saturated heterocycles. The third-order valence-electron chi connectivity index (χ3n) is 3.07. The summed E-state index contributed by atoms with van der Waals surface area (Å²) in [6, 6.07) is 6.77. The topological polar surface area (TPSA) is 24.9 Å². The maximum atomic E-state index is 13.6. The van der Waals surface area contributed by atoms with E-state index in [0.29, 0.717) is 6.42 Å². The quantitative estimate of drug-likeness (QED) is 0.689. The summed E-state index contributed by atoms with van der Waals surface area (Å²) in [6.45, 7) is 2.80. The number of nitrogens with one attached hydrogen (secondary N) is 1. The molecule has 1 aromatic heterocycles. The summed E-state index contributed by atoms with van der Waals surface area (Å²) < 4.78 is 15.4. The molecule has 0 aliphatic rings. The van der Waals surface area contributed by atoms with Crippen LogP contribution in [-0.2, 0) is 6.42 Å². The van der Waals surface area contributed by atoms with E-state index in [1.807, 2.05) is 19.1 Å². The van der Waals surface area contributed by atoms with Crippen molar-refractivity contribution < 1.29 is 4.39 Å². The summed E-state index contributed by atoms with van der Waals surface area (Å²) in [7, 11) is 0. The number of aromatic nitrogens is 1. The lowest BCUT2D eigenvalue weighted by atomic mass is 10.0. The monoisotopic (exact) mass is 434 g/mol. The van der Waals surface area contributed by atoms with Gasteiger partial charge in [-0.15, -0.1) is 0 Å². The van der Waals surface area contributed by atoms with Crippen LogP contribution in [0.4, 0.5) is 4.39 Å². The largest absolute Gasteiger partial charge is 0.309 e. The normalized spacial score (nSPS) is 12.4. The average Bonchev–Trinajstić information content (AvgIpc) is 2.43. The second kappa shape index (κ2) is 7.68. The van der Waals surface area contributed by atoms with Crippen LogP contribution < -0.4 is 5.32 Å². The van der Waals surface area contributed by atoms with E-state index in [4.69, 9.17) is 11.6 Å². The standard InChI is InChI=1S/C15H14Br2ClFN2/c1-2-20-13(15-11(17)7-10(16)8-21-15)6-9-4-3-5-12(19)14(9)18/h3-5,7-8,13,20H,2,6H2,1H3. The van der Waals surface area contributed by atoms with Crippen LogP contribution in [0.1, 0.15) is 24.2 Å². The Labute approximate surface area is 145 Å². The number of halogens is 4. The van der Waals surface area contributed by atoms with Crippen LogP contribution in [0.3, 0.4) is 0 Å². The molecular weight excluding hydrogens is 422 g/mol. The van der Waals surface area contributed by atoms with Crippen LogP contribution in [-0.4, -0.2) is 11.5 Å². The number of likely N-dealkylation sites (N-methyl/N-ethyl adjacent to an activating group) is 1. The lowest BCUT2D eigenvalue weighted by Gasteiger charge is -2.19. The van der Waals surface area contributed by atoms with Gasteiger partial charge in [-0.1, -0.05) is 30.7 Å². The lowest BCUT2D eigenvalue weighted by molar-refractivity contribution is 0.532. The molecule has 21 heavy (non-hydrogen) atoms. The molecule has 1 atom stereocenters. The average molecular weight is 437 g/mol. The zero-order valence-corrected chi connectivity index (χ0v) is 15.3. The molecule has 0 bridgehead atoms. The van der Waals surface area contributed by atoms with Crippen molar-refractivity contribution in [1.82, 2.24) is 10.3 Å². The minimum absolute atomic E-state index is 0.0447. The van der Waals surface area contributed by atoms with E-state index in [2.05, 4.69) is 42.2 Å². The molecule has 0 radical (unpaired) electrons. The summed E-state index contributed by atoms with van der Waals surface area (Å²) in [5.74, 6) is -0.396. The van der Waals surface area contributed by atoms with Gasteiger partial charge in [0.05, 0.1) is 16.8 Å². The van der Waals surface area contributed by atoms with Crippen molar-refractivity contribution in [2.24, 2.45) is 0 Å². The van der Waals surface area contributed by atoms with Gasteiger partial charge >= 0.3 is 0 Å². The Bertz CT molecular complexity index is 637. The van der Waals surface area contributed by atoms with Crippen molar-refractivity contribution in [2.45, 2.75) is 19.4 Å². The molecule has 1 heterocycles. The molecule has 0 aliphatic heterocycles. The highest BCUT2D eigenvalue weighted by Gasteiger charge is 2.18. The Morgan fingerprint density at radius 1 is 1.38 bits per heavy atom. The molecule has 0 amide bonds. The van der Waals surface area contributed by atoms with Crippen molar-refractivity contribution in [1.29, 1.82) is 0 Å². The van der Waals surface area contributed by atoms with Gasteiger partial charge in [0.1, 0.15) is 5.82 Å². The fourth-order valence-electron chi connectivity index (χ4n) is 2.12. The SMILES string of the molecule is CCNC(Cc1cccc(F)c1Cl)c1ncc(Br)cc1Br. The smallest absolute Gasteiger partial charge is 0.142 e. The maximum absolute atomic E-state index is 13.6. The Kier molecular flexibility index (Phi) is 6.17. The molecule has 2 aromatic rings. The molecule has 6 heteroatoms. The van der Waals surface area contributed by atoms with Gasteiger partial charge < -0.3 is 5.32 Å². The Hall–Kier alpha value is -0.490. The van der Waals surface area contributed by atoms with Crippen LogP contribution >= 0.6 is 43.5 Å². The van der Waals surface area contributed by atoms with E-state index in [0.717, 1.165) is 26.7 Å². The third kappa shape index (κ3) is 4.25. The fourth-order valence-corrected chi connectivity index (χ4v) is 3.59. The molecule has 0 fully saturated rings. The second-order valence-corrected chi connectivity index (χ2v) is 6.70. The van der Waals surface area contributed by atoms with Crippen molar-refractivity contribution in [3.05, 3.63) is 61.5 Å². The Morgan fingerprint density at radius 3 is 2.81 bits per heavy atom. The van der Waals surface area contributed by atoms with E-state index in [1.54, 1.807) is 12.3 Å². The van der Waals surface area contributed by atoms with E-state index < -0.39 is 5.82 Å². The molecule has 0 aliphatic carbocycles. The highest BCUT2D eigenvalue weighted by atomic mass is 79.9. The molecule has 0 spiro atoms. The first kappa shape index (κ1) is 16.9. The van der Waals surface area contributed by atoms with Gasteiger partial charge in [0.15, 0.2) is 0 Å².